The highest BCUT2D eigenvalue weighted by Crippen LogP contribution is 2.18. The number of rotatable bonds is 2. The van der Waals surface area contributed by atoms with Gasteiger partial charge in [0, 0.05) is 11.5 Å². The van der Waals surface area contributed by atoms with Gasteiger partial charge in [-0.3, -0.25) is 4.79 Å². The molecule has 0 aromatic heterocycles. The highest BCUT2D eigenvalue weighted by Gasteiger charge is 2.40. The van der Waals surface area contributed by atoms with Crippen LogP contribution in [0.3, 0.4) is 0 Å². The molecule has 1 amide bonds. The highest BCUT2D eigenvalue weighted by atomic mass is 32.2. The third-order valence-corrected chi connectivity index (χ3v) is 4.42. The van der Waals surface area contributed by atoms with Crippen molar-refractivity contribution in [3.8, 4) is 0 Å². The number of nitrogens with zero attached hydrogens (tertiary/aromatic N) is 2. The van der Waals surface area contributed by atoms with Gasteiger partial charge in [0.1, 0.15) is 0 Å². The van der Waals surface area contributed by atoms with E-state index in [2.05, 4.69) is 4.36 Å². The predicted molar refractivity (Wildman–Crippen MR) is 56.8 cm³/mol. The molecule has 1 saturated heterocycles. The smallest absolute Gasteiger partial charge is 0.337 e. The number of hydrogen-bond acceptors (Lipinski definition) is 4. The summed E-state index contributed by atoms with van der Waals surface area (Å²) in [7, 11) is -2.98. The maximum atomic E-state index is 11.9. The largest absolute Gasteiger partial charge is 0.474 e. The Morgan fingerprint density at radius 2 is 1.88 bits per heavy atom. The molecular weight excluding hydrogens is 260 g/mol. The van der Waals surface area contributed by atoms with E-state index in [0.717, 1.165) is 0 Å². The fourth-order valence-electron chi connectivity index (χ4n) is 1.34. The molecule has 10 heteroatoms. The van der Waals surface area contributed by atoms with Crippen molar-refractivity contribution < 1.29 is 27.0 Å². The summed E-state index contributed by atoms with van der Waals surface area (Å²) in [5.41, 5.74) is 0. The van der Waals surface area contributed by atoms with E-state index >= 15 is 0 Å². The molecule has 1 fully saturated rings. The first kappa shape index (κ1) is 14.2. The summed E-state index contributed by atoms with van der Waals surface area (Å²) in [6, 6.07) is 0. The standard InChI is InChI=1S/C7H10BF3N2O3S/c9-7(10,11)6(15)12-17(16)3-1-13(2-4-17)8-5-14/h5,8H,1-4H2. The fourth-order valence-corrected chi connectivity index (χ4v) is 3.22. The molecular formula is C7H10BF3N2O3S. The molecule has 0 atom stereocenters. The Morgan fingerprint density at radius 3 is 2.29 bits per heavy atom. The van der Waals surface area contributed by atoms with Crippen LogP contribution >= 0.6 is 0 Å². The normalized spacial score (nSPS) is 20.6. The van der Waals surface area contributed by atoms with Gasteiger partial charge in [0.25, 0.3) is 7.41 Å². The van der Waals surface area contributed by atoms with Crippen LogP contribution in [-0.4, -0.2) is 59.3 Å². The Hall–Kier alpha value is -0.895. The topological polar surface area (TPSA) is 66.8 Å². The Labute approximate surface area is 96.8 Å². The molecule has 0 radical (unpaired) electrons. The van der Waals surface area contributed by atoms with Gasteiger partial charge in [-0.1, -0.05) is 0 Å². The maximum Gasteiger partial charge on any atom is 0.474 e. The fraction of sp³-hybridized carbons (Fsp3) is 0.714. The van der Waals surface area contributed by atoms with E-state index in [4.69, 9.17) is 0 Å². The third kappa shape index (κ3) is 4.12. The number of amides is 1. The van der Waals surface area contributed by atoms with E-state index in [1.807, 2.05) is 0 Å². The molecule has 96 valence electrons. The SMILES string of the molecule is O=CBN1CCS(=O)(=NC(=O)C(F)(F)F)CC1. The van der Waals surface area contributed by atoms with Crippen LogP contribution in [0, 0.1) is 0 Å². The minimum atomic E-state index is -5.08. The lowest BCUT2D eigenvalue weighted by Crippen LogP contribution is -2.43. The first-order valence-electron chi connectivity index (χ1n) is 4.76. The van der Waals surface area contributed by atoms with Gasteiger partial charge in [-0.25, -0.2) is 4.21 Å². The number of alkyl halides is 3. The molecule has 1 aliphatic heterocycles. The van der Waals surface area contributed by atoms with Crippen molar-refractivity contribution in [2.24, 2.45) is 4.36 Å². The van der Waals surface area contributed by atoms with Crippen molar-refractivity contribution in [2.45, 2.75) is 6.18 Å². The van der Waals surface area contributed by atoms with Crippen molar-refractivity contribution in [3.63, 3.8) is 0 Å². The summed E-state index contributed by atoms with van der Waals surface area (Å²) in [5, 5.41) is 0. The number of halogens is 3. The molecule has 0 unspecified atom stereocenters. The van der Waals surface area contributed by atoms with E-state index in [-0.39, 0.29) is 32.0 Å². The monoisotopic (exact) mass is 270 g/mol. The summed E-state index contributed by atoms with van der Waals surface area (Å²) in [4.78, 5) is 22.5. The Morgan fingerprint density at radius 1 is 1.35 bits per heavy atom. The summed E-state index contributed by atoms with van der Waals surface area (Å²) in [6.45, 7) is 0.401. The predicted octanol–water partition coefficient (Wildman–Crippen LogP) is -0.599. The van der Waals surface area contributed by atoms with Gasteiger partial charge >= 0.3 is 12.1 Å². The second-order valence-corrected chi connectivity index (χ2v) is 6.09. The first-order chi connectivity index (χ1) is 7.77. The van der Waals surface area contributed by atoms with Crippen LogP contribution in [-0.2, 0) is 19.3 Å². The third-order valence-electron chi connectivity index (χ3n) is 2.28. The molecule has 0 saturated carbocycles. The second-order valence-electron chi connectivity index (χ2n) is 3.54. The van der Waals surface area contributed by atoms with Crippen molar-refractivity contribution in [1.29, 1.82) is 0 Å². The van der Waals surface area contributed by atoms with Gasteiger partial charge in [0.2, 0.25) is 0 Å². The van der Waals surface area contributed by atoms with Crippen molar-refractivity contribution in [3.05, 3.63) is 0 Å². The van der Waals surface area contributed by atoms with Crippen LogP contribution in [0.2, 0.25) is 0 Å². The number of hydrogen-bond donors (Lipinski definition) is 0. The molecule has 0 N–H and O–H groups in total. The van der Waals surface area contributed by atoms with Crippen molar-refractivity contribution >= 4 is 29.2 Å². The minimum Gasteiger partial charge on any atom is -0.337 e. The molecule has 1 rings (SSSR count). The zero-order valence-electron chi connectivity index (χ0n) is 8.77. The van der Waals surface area contributed by atoms with Crippen molar-refractivity contribution in [2.75, 3.05) is 24.6 Å². The van der Waals surface area contributed by atoms with Crippen LogP contribution in [0.5, 0.6) is 0 Å². The molecule has 0 bridgehead atoms. The molecule has 5 nitrogen and oxygen atoms in total. The quantitative estimate of drug-likeness (QED) is 0.496. The summed E-state index contributed by atoms with van der Waals surface area (Å²) in [6.07, 6.45) is -4.42. The zero-order chi connectivity index (χ0) is 13.1. The lowest BCUT2D eigenvalue weighted by Gasteiger charge is -2.26. The molecule has 0 aliphatic carbocycles. The maximum absolute atomic E-state index is 11.9. The minimum absolute atomic E-state index is 0.122. The molecule has 1 aliphatic rings. The number of carbonyl (C=O) groups is 2. The summed E-state index contributed by atoms with van der Waals surface area (Å²) < 4.78 is 50.4. The van der Waals surface area contributed by atoms with E-state index in [9.17, 15) is 27.0 Å². The molecule has 0 aromatic rings. The van der Waals surface area contributed by atoms with E-state index in [1.165, 1.54) is 0 Å². The van der Waals surface area contributed by atoms with Gasteiger partial charge in [-0.15, -0.1) is 0 Å². The van der Waals surface area contributed by atoms with Crippen LogP contribution in [0.4, 0.5) is 13.2 Å². The molecule has 1 heterocycles. The van der Waals surface area contributed by atoms with E-state index in [1.54, 1.807) is 4.81 Å². The van der Waals surface area contributed by atoms with Gasteiger partial charge in [-0.05, 0) is 13.1 Å². The first-order valence-corrected chi connectivity index (χ1v) is 6.62. The van der Waals surface area contributed by atoms with Crippen LogP contribution in [0.15, 0.2) is 4.36 Å². The lowest BCUT2D eigenvalue weighted by molar-refractivity contribution is -0.169. The van der Waals surface area contributed by atoms with Gasteiger partial charge < -0.3 is 9.61 Å². The second kappa shape index (κ2) is 5.17. The molecule has 17 heavy (non-hydrogen) atoms. The molecule has 0 spiro atoms. The summed E-state index contributed by atoms with van der Waals surface area (Å²) >= 11 is 0. The number of carbonyl (C=O) groups excluding carboxylic acids is 2. The van der Waals surface area contributed by atoms with Crippen LogP contribution in [0.1, 0.15) is 0 Å². The van der Waals surface area contributed by atoms with Crippen molar-refractivity contribution in [1.82, 2.24) is 4.81 Å². The van der Waals surface area contributed by atoms with Gasteiger partial charge in [0.15, 0.2) is 0 Å². The van der Waals surface area contributed by atoms with Crippen LogP contribution < -0.4 is 0 Å². The summed E-state index contributed by atoms with van der Waals surface area (Å²) in [5.74, 6) is -2.54. The van der Waals surface area contributed by atoms with Crippen LogP contribution in [0.25, 0.3) is 0 Å². The average Bonchev–Trinajstić information content (AvgIpc) is 2.20. The highest BCUT2D eigenvalue weighted by molar-refractivity contribution is 7.94. The van der Waals surface area contributed by atoms with E-state index in [0.29, 0.717) is 6.19 Å². The molecule has 0 aromatic carbocycles. The Kier molecular flexibility index (Phi) is 4.31. The average molecular weight is 270 g/mol. The zero-order valence-corrected chi connectivity index (χ0v) is 9.59. The van der Waals surface area contributed by atoms with Gasteiger partial charge in [0.05, 0.1) is 15.9 Å². The Balaban J connectivity index is 2.73. The Bertz CT molecular complexity index is 417. The van der Waals surface area contributed by atoms with E-state index < -0.39 is 21.8 Å². The lowest BCUT2D eigenvalue weighted by atomic mass is 9.95. The van der Waals surface area contributed by atoms with Gasteiger partial charge in [-0.2, -0.15) is 17.5 Å².